The fourth-order valence-corrected chi connectivity index (χ4v) is 2.32. The minimum Gasteiger partial charge on any atom is -0.330 e. The molecule has 2 heteroatoms. The van der Waals surface area contributed by atoms with Crippen LogP contribution in [-0.4, -0.2) is 6.54 Å². The second-order valence-electron chi connectivity index (χ2n) is 3.67. The zero-order valence-corrected chi connectivity index (χ0v) is 8.35. The standard InChI is InChI=1S/C11H14ClN/c12-10-4-5-11-8(6-10)2-1-3-9(11)7-13/h4-6,9H,1-3,7,13H2. The van der Waals surface area contributed by atoms with Crippen LogP contribution in [0.5, 0.6) is 0 Å². The van der Waals surface area contributed by atoms with Gasteiger partial charge in [0.05, 0.1) is 0 Å². The summed E-state index contributed by atoms with van der Waals surface area (Å²) in [6.45, 7) is 0.759. The van der Waals surface area contributed by atoms with Crippen LogP contribution in [0.15, 0.2) is 18.2 Å². The van der Waals surface area contributed by atoms with E-state index in [9.17, 15) is 0 Å². The van der Waals surface area contributed by atoms with Crippen LogP contribution in [0.2, 0.25) is 5.02 Å². The van der Waals surface area contributed by atoms with Crippen LogP contribution < -0.4 is 5.73 Å². The summed E-state index contributed by atoms with van der Waals surface area (Å²) < 4.78 is 0. The molecule has 1 aliphatic rings. The van der Waals surface area contributed by atoms with Crippen molar-refractivity contribution in [1.82, 2.24) is 0 Å². The number of hydrogen-bond donors (Lipinski definition) is 1. The molecule has 0 amide bonds. The zero-order chi connectivity index (χ0) is 9.26. The van der Waals surface area contributed by atoms with Gasteiger partial charge in [0.25, 0.3) is 0 Å². The predicted octanol–water partition coefficient (Wildman–Crippen LogP) is 2.72. The smallest absolute Gasteiger partial charge is 0.0408 e. The SMILES string of the molecule is NCC1CCCc2cc(Cl)ccc21. The molecule has 0 fully saturated rings. The van der Waals surface area contributed by atoms with E-state index in [4.69, 9.17) is 17.3 Å². The predicted molar refractivity (Wildman–Crippen MR) is 56.2 cm³/mol. The lowest BCUT2D eigenvalue weighted by Gasteiger charge is -2.24. The van der Waals surface area contributed by atoms with Crippen molar-refractivity contribution in [3.8, 4) is 0 Å². The number of nitrogens with two attached hydrogens (primary N) is 1. The molecule has 0 bridgehead atoms. The number of fused-ring (bicyclic) bond motifs is 1. The first-order valence-electron chi connectivity index (χ1n) is 4.79. The van der Waals surface area contributed by atoms with E-state index < -0.39 is 0 Å². The number of hydrogen-bond acceptors (Lipinski definition) is 1. The molecule has 1 aromatic rings. The summed E-state index contributed by atoms with van der Waals surface area (Å²) in [6.07, 6.45) is 3.63. The summed E-state index contributed by atoms with van der Waals surface area (Å²) in [5.74, 6) is 0.556. The first-order chi connectivity index (χ1) is 6.31. The van der Waals surface area contributed by atoms with Crippen LogP contribution in [0.4, 0.5) is 0 Å². The normalized spacial score (nSPS) is 21.2. The monoisotopic (exact) mass is 195 g/mol. The van der Waals surface area contributed by atoms with Crippen LogP contribution in [0, 0.1) is 0 Å². The van der Waals surface area contributed by atoms with Crippen molar-refractivity contribution in [3.05, 3.63) is 34.3 Å². The van der Waals surface area contributed by atoms with E-state index in [-0.39, 0.29) is 0 Å². The fourth-order valence-electron chi connectivity index (χ4n) is 2.13. The summed E-state index contributed by atoms with van der Waals surface area (Å²) in [7, 11) is 0. The minimum atomic E-state index is 0.556. The van der Waals surface area contributed by atoms with E-state index in [1.165, 1.54) is 24.0 Å². The summed E-state index contributed by atoms with van der Waals surface area (Å²) in [5.41, 5.74) is 8.54. The minimum absolute atomic E-state index is 0.556. The van der Waals surface area contributed by atoms with Gasteiger partial charge in [0.2, 0.25) is 0 Å². The van der Waals surface area contributed by atoms with Gasteiger partial charge in [-0.05, 0) is 55.0 Å². The van der Waals surface area contributed by atoms with E-state index in [2.05, 4.69) is 12.1 Å². The lowest BCUT2D eigenvalue weighted by Crippen LogP contribution is -2.17. The first-order valence-corrected chi connectivity index (χ1v) is 5.17. The van der Waals surface area contributed by atoms with Crippen LogP contribution in [-0.2, 0) is 6.42 Å². The average Bonchev–Trinajstić information content (AvgIpc) is 2.16. The summed E-state index contributed by atoms with van der Waals surface area (Å²) >= 11 is 5.94. The van der Waals surface area contributed by atoms with Crippen LogP contribution in [0.1, 0.15) is 29.9 Å². The van der Waals surface area contributed by atoms with E-state index in [1.54, 1.807) is 0 Å². The van der Waals surface area contributed by atoms with Gasteiger partial charge in [-0.25, -0.2) is 0 Å². The lowest BCUT2D eigenvalue weighted by molar-refractivity contribution is 0.561. The Hall–Kier alpha value is -0.530. The Morgan fingerprint density at radius 1 is 1.46 bits per heavy atom. The highest BCUT2D eigenvalue weighted by molar-refractivity contribution is 6.30. The summed E-state index contributed by atoms with van der Waals surface area (Å²) in [6, 6.07) is 6.18. The van der Waals surface area contributed by atoms with Gasteiger partial charge in [0.15, 0.2) is 0 Å². The second-order valence-corrected chi connectivity index (χ2v) is 4.10. The van der Waals surface area contributed by atoms with Crippen molar-refractivity contribution in [2.45, 2.75) is 25.2 Å². The molecule has 0 heterocycles. The number of benzene rings is 1. The molecule has 70 valence electrons. The molecule has 2 rings (SSSR count). The van der Waals surface area contributed by atoms with Gasteiger partial charge in [0, 0.05) is 5.02 Å². The molecule has 1 aliphatic carbocycles. The molecule has 2 N–H and O–H groups in total. The van der Waals surface area contributed by atoms with E-state index in [1.807, 2.05) is 6.07 Å². The van der Waals surface area contributed by atoms with Crippen molar-refractivity contribution < 1.29 is 0 Å². The number of aryl methyl sites for hydroxylation is 1. The van der Waals surface area contributed by atoms with Gasteiger partial charge in [-0.15, -0.1) is 0 Å². The topological polar surface area (TPSA) is 26.0 Å². The third kappa shape index (κ3) is 1.72. The van der Waals surface area contributed by atoms with Crippen molar-refractivity contribution in [1.29, 1.82) is 0 Å². The highest BCUT2D eigenvalue weighted by atomic mass is 35.5. The van der Waals surface area contributed by atoms with Crippen molar-refractivity contribution in [2.75, 3.05) is 6.54 Å². The maximum absolute atomic E-state index is 5.94. The molecule has 0 saturated carbocycles. The van der Waals surface area contributed by atoms with E-state index >= 15 is 0 Å². The molecule has 1 atom stereocenters. The van der Waals surface area contributed by atoms with Crippen LogP contribution in [0.3, 0.4) is 0 Å². The molecule has 1 nitrogen and oxygen atoms in total. The molecule has 0 aliphatic heterocycles. The zero-order valence-electron chi connectivity index (χ0n) is 7.59. The van der Waals surface area contributed by atoms with E-state index in [0.29, 0.717) is 5.92 Å². The van der Waals surface area contributed by atoms with Gasteiger partial charge in [0.1, 0.15) is 0 Å². The third-order valence-electron chi connectivity index (χ3n) is 2.83. The Kier molecular flexibility index (Phi) is 2.56. The Morgan fingerprint density at radius 2 is 2.31 bits per heavy atom. The highest BCUT2D eigenvalue weighted by Gasteiger charge is 2.18. The van der Waals surface area contributed by atoms with Gasteiger partial charge in [-0.2, -0.15) is 0 Å². The molecule has 1 aromatic carbocycles. The lowest BCUT2D eigenvalue weighted by atomic mass is 9.83. The Morgan fingerprint density at radius 3 is 3.08 bits per heavy atom. The largest absolute Gasteiger partial charge is 0.330 e. The first kappa shape index (κ1) is 9.04. The van der Waals surface area contributed by atoms with Gasteiger partial charge >= 0.3 is 0 Å². The molecule has 0 radical (unpaired) electrons. The molecule has 13 heavy (non-hydrogen) atoms. The maximum atomic E-state index is 5.94. The van der Waals surface area contributed by atoms with Crippen molar-refractivity contribution in [3.63, 3.8) is 0 Å². The maximum Gasteiger partial charge on any atom is 0.0408 e. The Bertz CT molecular complexity index is 309. The molecule has 0 spiro atoms. The molecule has 0 saturated heterocycles. The van der Waals surface area contributed by atoms with Gasteiger partial charge in [-0.1, -0.05) is 17.7 Å². The van der Waals surface area contributed by atoms with Gasteiger partial charge in [-0.3, -0.25) is 0 Å². The highest BCUT2D eigenvalue weighted by Crippen LogP contribution is 2.32. The van der Waals surface area contributed by atoms with Crippen LogP contribution in [0.25, 0.3) is 0 Å². The summed E-state index contributed by atoms with van der Waals surface area (Å²) in [4.78, 5) is 0. The molecular formula is C11H14ClN. The van der Waals surface area contributed by atoms with Crippen molar-refractivity contribution in [2.24, 2.45) is 5.73 Å². The van der Waals surface area contributed by atoms with E-state index in [0.717, 1.165) is 18.0 Å². The molecular weight excluding hydrogens is 182 g/mol. The fraction of sp³-hybridized carbons (Fsp3) is 0.455. The average molecular weight is 196 g/mol. The Labute approximate surface area is 83.9 Å². The molecule has 1 unspecified atom stereocenters. The quantitative estimate of drug-likeness (QED) is 0.733. The number of halogens is 1. The van der Waals surface area contributed by atoms with Crippen LogP contribution >= 0.6 is 11.6 Å². The summed E-state index contributed by atoms with van der Waals surface area (Å²) in [5, 5.41) is 0.844. The third-order valence-corrected chi connectivity index (χ3v) is 3.06. The van der Waals surface area contributed by atoms with Crippen molar-refractivity contribution >= 4 is 11.6 Å². The Balaban J connectivity index is 2.40. The second kappa shape index (κ2) is 3.69. The number of rotatable bonds is 1. The molecule has 0 aromatic heterocycles. The van der Waals surface area contributed by atoms with Gasteiger partial charge < -0.3 is 5.73 Å².